The van der Waals surface area contributed by atoms with E-state index in [1.54, 1.807) is 6.08 Å². The number of benzene rings is 2. The average Bonchev–Trinajstić information content (AvgIpc) is 3.14. The number of hydrogen-bond acceptors (Lipinski definition) is 4. The largest absolute Gasteiger partial charge is 0.273 e. The fourth-order valence-corrected chi connectivity index (χ4v) is 2.88. The van der Waals surface area contributed by atoms with Crippen molar-refractivity contribution in [2.24, 2.45) is 0 Å². The second kappa shape index (κ2) is 8.80. The summed E-state index contributed by atoms with van der Waals surface area (Å²) < 4.78 is 1.32. The van der Waals surface area contributed by atoms with Crippen LogP contribution in [0.2, 0.25) is 0 Å². The van der Waals surface area contributed by atoms with Crippen molar-refractivity contribution < 1.29 is 4.79 Å². The maximum atomic E-state index is 12.3. The molecular weight excluding hydrogens is 330 g/mol. The zero-order valence-corrected chi connectivity index (χ0v) is 14.3. The summed E-state index contributed by atoms with van der Waals surface area (Å²) in [6, 6.07) is 19.8. The summed E-state index contributed by atoms with van der Waals surface area (Å²) in [6.07, 6.45) is 8.77. The Morgan fingerprint density at radius 2 is 1.60 bits per heavy atom. The third-order valence-corrected chi connectivity index (χ3v) is 4.26. The monoisotopic (exact) mass is 347 g/mol. The van der Waals surface area contributed by atoms with Crippen molar-refractivity contribution in [3.05, 3.63) is 90.3 Å². The molecule has 0 N–H and O–H groups in total. The van der Waals surface area contributed by atoms with Gasteiger partial charge in [0, 0.05) is 11.8 Å². The van der Waals surface area contributed by atoms with Gasteiger partial charge < -0.3 is 0 Å². The molecule has 0 saturated heterocycles. The lowest BCUT2D eigenvalue weighted by Crippen LogP contribution is -2.10. The molecule has 124 valence electrons. The first-order valence-corrected chi connectivity index (χ1v) is 8.83. The van der Waals surface area contributed by atoms with E-state index in [4.69, 9.17) is 0 Å². The number of carbonyl (C=O) groups excluding carboxylic acids is 1. The van der Waals surface area contributed by atoms with Crippen LogP contribution >= 0.6 is 11.8 Å². The number of hydrogen-bond donors (Lipinski definition) is 0. The quantitative estimate of drug-likeness (QED) is 0.489. The van der Waals surface area contributed by atoms with Crippen molar-refractivity contribution in [2.75, 3.05) is 5.75 Å². The highest BCUT2D eigenvalue weighted by molar-refractivity contribution is 7.99. The Kier molecular flexibility index (Phi) is 5.96. The van der Waals surface area contributed by atoms with Crippen molar-refractivity contribution >= 4 is 29.8 Å². The van der Waals surface area contributed by atoms with E-state index in [0.29, 0.717) is 10.9 Å². The molecule has 0 amide bonds. The van der Waals surface area contributed by atoms with E-state index in [2.05, 4.69) is 10.1 Å². The molecule has 25 heavy (non-hydrogen) atoms. The maximum Gasteiger partial charge on any atom is 0.273 e. The van der Waals surface area contributed by atoms with Crippen LogP contribution in [0.3, 0.4) is 0 Å². The molecule has 0 fully saturated rings. The van der Waals surface area contributed by atoms with Gasteiger partial charge in [0.25, 0.3) is 5.91 Å². The second-order valence-corrected chi connectivity index (χ2v) is 6.15. The number of carbonyl (C=O) groups is 1. The first-order valence-electron chi connectivity index (χ1n) is 7.85. The first kappa shape index (κ1) is 16.9. The number of thioether (sulfide) groups is 1. The Morgan fingerprint density at radius 1 is 0.960 bits per heavy atom. The smallest absolute Gasteiger partial charge is 0.267 e. The molecule has 0 bridgehead atoms. The standard InChI is InChI=1S/C20H17N3OS/c24-19(14-13-18-10-5-2-6-11-18)23-20(21-16-22-23)25-15-7-12-17-8-3-1-4-9-17/h1-14,16H,15H2/b12-7+,14-13-. The van der Waals surface area contributed by atoms with Crippen LogP contribution in [0.15, 0.2) is 84.3 Å². The van der Waals surface area contributed by atoms with Gasteiger partial charge in [-0.2, -0.15) is 9.78 Å². The maximum absolute atomic E-state index is 12.3. The van der Waals surface area contributed by atoms with Gasteiger partial charge in [0.15, 0.2) is 5.16 Å². The second-order valence-electron chi connectivity index (χ2n) is 5.16. The minimum absolute atomic E-state index is 0.212. The Balaban J connectivity index is 1.59. The Morgan fingerprint density at radius 3 is 2.28 bits per heavy atom. The topological polar surface area (TPSA) is 47.8 Å². The summed E-state index contributed by atoms with van der Waals surface area (Å²) in [4.78, 5) is 16.5. The molecular formula is C20H17N3OS. The summed E-state index contributed by atoms with van der Waals surface area (Å²) in [5.41, 5.74) is 2.11. The summed E-state index contributed by atoms with van der Waals surface area (Å²) in [6.45, 7) is 0. The normalized spacial score (nSPS) is 11.4. The molecule has 5 heteroatoms. The average molecular weight is 347 g/mol. The van der Waals surface area contributed by atoms with Gasteiger partial charge in [-0.05, 0) is 17.2 Å². The van der Waals surface area contributed by atoms with E-state index in [1.807, 2.05) is 72.8 Å². The van der Waals surface area contributed by atoms with Gasteiger partial charge in [0.1, 0.15) is 6.33 Å². The van der Waals surface area contributed by atoms with Crippen molar-refractivity contribution in [1.82, 2.24) is 14.8 Å². The molecule has 0 spiro atoms. The van der Waals surface area contributed by atoms with Gasteiger partial charge in [-0.3, -0.25) is 4.79 Å². The van der Waals surface area contributed by atoms with Crippen LogP contribution in [0, 0.1) is 0 Å². The molecule has 0 aliphatic carbocycles. The molecule has 1 heterocycles. The van der Waals surface area contributed by atoms with Crippen molar-refractivity contribution in [3.63, 3.8) is 0 Å². The summed E-state index contributed by atoms with van der Waals surface area (Å²) in [5, 5.41) is 4.61. The number of allylic oxidation sites excluding steroid dienone is 1. The van der Waals surface area contributed by atoms with Gasteiger partial charge in [0.2, 0.25) is 0 Å². The molecule has 0 unspecified atom stereocenters. The highest BCUT2D eigenvalue weighted by atomic mass is 32.2. The predicted molar refractivity (Wildman–Crippen MR) is 102 cm³/mol. The predicted octanol–water partition coefficient (Wildman–Crippen LogP) is 4.44. The van der Waals surface area contributed by atoms with Gasteiger partial charge in [-0.15, -0.1) is 0 Å². The SMILES string of the molecule is O=C(/C=C\c1ccccc1)n1ncnc1SC/C=C/c1ccccc1. The van der Waals surface area contributed by atoms with E-state index >= 15 is 0 Å². The van der Waals surface area contributed by atoms with Gasteiger partial charge in [-0.1, -0.05) is 84.6 Å². The number of aromatic nitrogens is 3. The molecule has 0 aliphatic rings. The minimum Gasteiger partial charge on any atom is -0.267 e. The van der Waals surface area contributed by atoms with Crippen molar-refractivity contribution in [3.8, 4) is 0 Å². The Labute approximate surface area is 150 Å². The van der Waals surface area contributed by atoms with Crippen LogP contribution in [-0.4, -0.2) is 26.4 Å². The number of rotatable bonds is 6. The summed E-state index contributed by atoms with van der Waals surface area (Å²) in [5.74, 6) is 0.499. The van der Waals surface area contributed by atoms with Crippen LogP contribution < -0.4 is 0 Å². The fourth-order valence-electron chi connectivity index (χ4n) is 2.15. The van der Waals surface area contributed by atoms with Crippen LogP contribution in [0.5, 0.6) is 0 Å². The number of nitrogens with zero attached hydrogens (tertiary/aromatic N) is 3. The van der Waals surface area contributed by atoms with E-state index in [0.717, 1.165) is 11.1 Å². The Bertz CT molecular complexity index is 870. The van der Waals surface area contributed by atoms with E-state index in [9.17, 15) is 4.79 Å². The molecule has 1 aromatic heterocycles. The van der Waals surface area contributed by atoms with Crippen LogP contribution in [0.25, 0.3) is 12.2 Å². The third-order valence-electron chi connectivity index (χ3n) is 3.36. The summed E-state index contributed by atoms with van der Waals surface area (Å²) >= 11 is 1.47. The molecule has 0 atom stereocenters. The van der Waals surface area contributed by atoms with Crippen molar-refractivity contribution in [1.29, 1.82) is 0 Å². The lowest BCUT2D eigenvalue weighted by atomic mass is 10.2. The first-order chi connectivity index (χ1) is 12.3. The van der Waals surface area contributed by atoms with Crippen LogP contribution in [-0.2, 0) is 0 Å². The fraction of sp³-hybridized carbons (Fsp3) is 0.0500. The Hall–Kier alpha value is -2.92. The highest BCUT2D eigenvalue weighted by Gasteiger charge is 2.09. The molecule has 0 radical (unpaired) electrons. The third kappa shape index (κ3) is 5.02. The molecule has 4 nitrogen and oxygen atoms in total. The van der Waals surface area contributed by atoms with Gasteiger partial charge >= 0.3 is 0 Å². The molecule has 2 aromatic carbocycles. The van der Waals surface area contributed by atoms with Gasteiger partial charge in [0.05, 0.1) is 0 Å². The van der Waals surface area contributed by atoms with E-state index in [-0.39, 0.29) is 5.91 Å². The van der Waals surface area contributed by atoms with E-state index in [1.165, 1.54) is 28.8 Å². The highest BCUT2D eigenvalue weighted by Crippen LogP contribution is 2.15. The lowest BCUT2D eigenvalue weighted by molar-refractivity contribution is 0.0943. The van der Waals surface area contributed by atoms with Crippen molar-refractivity contribution in [2.45, 2.75) is 5.16 Å². The zero-order chi connectivity index (χ0) is 17.3. The summed E-state index contributed by atoms with van der Waals surface area (Å²) in [7, 11) is 0. The molecule has 3 aromatic rings. The van der Waals surface area contributed by atoms with E-state index < -0.39 is 0 Å². The van der Waals surface area contributed by atoms with Crippen LogP contribution in [0.1, 0.15) is 15.9 Å². The molecule has 0 aliphatic heterocycles. The van der Waals surface area contributed by atoms with Gasteiger partial charge in [-0.25, -0.2) is 4.98 Å². The van der Waals surface area contributed by atoms with Crippen LogP contribution in [0.4, 0.5) is 0 Å². The lowest BCUT2D eigenvalue weighted by Gasteiger charge is -2.00. The zero-order valence-electron chi connectivity index (χ0n) is 13.5. The minimum atomic E-state index is -0.212. The molecule has 3 rings (SSSR count). The molecule has 0 saturated carbocycles.